The second-order valence-corrected chi connectivity index (χ2v) is 9.61. The van der Waals surface area contributed by atoms with Gasteiger partial charge in [-0.25, -0.2) is 9.97 Å². The number of anilines is 2. The summed E-state index contributed by atoms with van der Waals surface area (Å²) in [6, 6.07) is 10.3. The number of hydrogen-bond donors (Lipinski definition) is 0. The minimum Gasteiger partial charge on any atom is -0.320 e. The van der Waals surface area contributed by atoms with Crippen LogP contribution in [0.25, 0.3) is 0 Å². The number of thioether (sulfide) groups is 1. The molecule has 4 rings (SSSR count). The van der Waals surface area contributed by atoms with E-state index in [0.29, 0.717) is 11.2 Å². The number of nitrogens with zero attached hydrogens (tertiary/aromatic N) is 4. The molecule has 1 saturated carbocycles. The highest BCUT2D eigenvalue weighted by Crippen LogP contribution is 2.36. The normalized spacial score (nSPS) is 14.8. The van der Waals surface area contributed by atoms with Gasteiger partial charge in [-0.1, -0.05) is 49.2 Å². The van der Waals surface area contributed by atoms with Gasteiger partial charge in [0, 0.05) is 29.8 Å². The molecule has 1 fully saturated rings. The van der Waals surface area contributed by atoms with Crippen LogP contribution in [-0.2, 0) is 10.5 Å². The van der Waals surface area contributed by atoms with Crippen LogP contribution < -0.4 is 4.90 Å². The van der Waals surface area contributed by atoms with Crippen molar-refractivity contribution in [2.24, 2.45) is 0 Å². The van der Waals surface area contributed by atoms with Crippen LogP contribution in [0.2, 0.25) is 0 Å². The van der Waals surface area contributed by atoms with Gasteiger partial charge in [-0.15, -0.1) is 11.3 Å². The molecule has 1 aliphatic carbocycles. The van der Waals surface area contributed by atoms with Crippen molar-refractivity contribution in [3.8, 4) is 0 Å². The highest BCUT2D eigenvalue weighted by atomic mass is 32.2. The predicted molar refractivity (Wildman–Crippen MR) is 125 cm³/mol. The third kappa shape index (κ3) is 4.47. The third-order valence-electron chi connectivity index (χ3n) is 5.70. The molecule has 0 aliphatic heterocycles. The quantitative estimate of drug-likeness (QED) is 0.414. The molecule has 5 nitrogen and oxygen atoms in total. The van der Waals surface area contributed by atoms with Crippen molar-refractivity contribution in [3.05, 3.63) is 52.8 Å². The summed E-state index contributed by atoms with van der Waals surface area (Å²) < 4.78 is 2.46. The Morgan fingerprint density at radius 3 is 2.60 bits per heavy atom. The molecule has 0 saturated heterocycles. The SMILES string of the molecule is CC(=O)N(c1ccccc1)c1nc(CSc2nc(C)c(C)n2C2CCCCC2)cs1. The number of hydrogen-bond acceptors (Lipinski definition) is 5. The smallest absolute Gasteiger partial charge is 0.230 e. The lowest BCUT2D eigenvalue weighted by atomic mass is 9.95. The number of rotatable bonds is 6. The fraction of sp³-hybridized carbons (Fsp3) is 0.435. The van der Waals surface area contributed by atoms with Gasteiger partial charge in [0.2, 0.25) is 5.91 Å². The first kappa shape index (κ1) is 21.1. The number of aryl methyl sites for hydroxylation is 1. The average molecular weight is 441 g/mol. The number of carbonyl (C=O) groups excluding carboxylic acids is 1. The van der Waals surface area contributed by atoms with Crippen LogP contribution in [0.15, 0.2) is 40.9 Å². The van der Waals surface area contributed by atoms with Gasteiger partial charge < -0.3 is 4.57 Å². The Hall–Kier alpha value is -2.12. The van der Waals surface area contributed by atoms with E-state index in [9.17, 15) is 4.79 Å². The van der Waals surface area contributed by atoms with Gasteiger partial charge in [0.1, 0.15) is 0 Å². The molecule has 30 heavy (non-hydrogen) atoms. The van der Waals surface area contributed by atoms with E-state index in [1.807, 2.05) is 30.3 Å². The maximum atomic E-state index is 12.3. The zero-order chi connectivity index (χ0) is 21.1. The van der Waals surface area contributed by atoms with Crippen molar-refractivity contribution >= 4 is 39.8 Å². The largest absolute Gasteiger partial charge is 0.320 e. The Kier molecular flexibility index (Phi) is 6.58. The molecule has 7 heteroatoms. The number of para-hydroxylation sites is 1. The summed E-state index contributed by atoms with van der Waals surface area (Å²) in [6.07, 6.45) is 6.45. The molecule has 158 valence electrons. The molecule has 1 aromatic carbocycles. The van der Waals surface area contributed by atoms with Gasteiger partial charge in [-0.2, -0.15) is 0 Å². The molecular formula is C23H28N4OS2. The summed E-state index contributed by atoms with van der Waals surface area (Å²) in [5, 5.41) is 3.86. The van der Waals surface area contributed by atoms with Crippen molar-refractivity contribution in [1.29, 1.82) is 0 Å². The number of aromatic nitrogens is 3. The standard InChI is InChI=1S/C23H28N4OS2/c1-16-17(2)26(20-10-6-4-7-11-20)22(24-16)29-14-19-15-30-23(25-19)27(18(3)28)21-12-8-5-9-13-21/h5,8-9,12-13,15,20H,4,6-7,10-11,14H2,1-3H3. The summed E-state index contributed by atoms with van der Waals surface area (Å²) in [5.41, 5.74) is 4.23. The van der Waals surface area contributed by atoms with Crippen LogP contribution in [0.4, 0.5) is 10.8 Å². The number of thiazole rings is 1. The van der Waals surface area contributed by atoms with Gasteiger partial charge in [-0.05, 0) is 38.8 Å². The Bertz CT molecular complexity index is 1010. The highest BCUT2D eigenvalue weighted by Gasteiger charge is 2.23. The van der Waals surface area contributed by atoms with Crippen molar-refractivity contribution < 1.29 is 4.79 Å². The van der Waals surface area contributed by atoms with E-state index in [0.717, 1.165) is 28.0 Å². The van der Waals surface area contributed by atoms with Gasteiger partial charge >= 0.3 is 0 Å². The monoisotopic (exact) mass is 440 g/mol. The Balaban J connectivity index is 1.51. The molecular weight excluding hydrogens is 412 g/mol. The van der Waals surface area contributed by atoms with E-state index < -0.39 is 0 Å². The van der Waals surface area contributed by atoms with Crippen LogP contribution in [0.3, 0.4) is 0 Å². The lowest BCUT2D eigenvalue weighted by Crippen LogP contribution is -2.22. The Labute approximate surface area is 186 Å². The van der Waals surface area contributed by atoms with Crippen LogP contribution in [0.1, 0.15) is 62.2 Å². The fourth-order valence-electron chi connectivity index (χ4n) is 4.07. The first-order chi connectivity index (χ1) is 14.5. The summed E-state index contributed by atoms with van der Waals surface area (Å²) >= 11 is 3.26. The lowest BCUT2D eigenvalue weighted by molar-refractivity contribution is -0.115. The van der Waals surface area contributed by atoms with E-state index in [1.165, 1.54) is 49.1 Å². The summed E-state index contributed by atoms with van der Waals surface area (Å²) in [4.78, 5) is 23.6. The molecule has 0 N–H and O–H groups in total. The van der Waals surface area contributed by atoms with Gasteiger partial charge in [0.05, 0.1) is 17.1 Å². The van der Waals surface area contributed by atoms with Gasteiger partial charge in [-0.3, -0.25) is 9.69 Å². The molecule has 2 heterocycles. The summed E-state index contributed by atoms with van der Waals surface area (Å²) in [5.74, 6) is 0.716. The number of carbonyl (C=O) groups is 1. The minimum absolute atomic E-state index is 0.0335. The van der Waals surface area contributed by atoms with E-state index in [-0.39, 0.29) is 5.91 Å². The average Bonchev–Trinajstić information content (AvgIpc) is 3.32. The molecule has 0 radical (unpaired) electrons. The van der Waals surface area contributed by atoms with Crippen molar-refractivity contribution in [3.63, 3.8) is 0 Å². The molecule has 0 atom stereocenters. The zero-order valence-corrected chi connectivity index (χ0v) is 19.4. The van der Waals surface area contributed by atoms with Crippen molar-refractivity contribution in [1.82, 2.24) is 14.5 Å². The van der Waals surface area contributed by atoms with Gasteiger partial charge in [0.15, 0.2) is 10.3 Å². The van der Waals surface area contributed by atoms with Crippen LogP contribution in [-0.4, -0.2) is 20.4 Å². The van der Waals surface area contributed by atoms with Crippen LogP contribution >= 0.6 is 23.1 Å². The topological polar surface area (TPSA) is 51.0 Å². The first-order valence-corrected chi connectivity index (χ1v) is 12.4. The second-order valence-electron chi connectivity index (χ2n) is 7.83. The maximum Gasteiger partial charge on any atom is 0.230 e. The third-order valence-corrected chi connectivity index (χ3v) is 7.56. The van der Waals surface area contributed by atoms with Crippen LogP contribution in [0, 0.1) is 13.8 Å². The first-order valence-electron chi connectivity index (χ1n) is 10.5. The van der Waals surface area contributed by atoms with Crippen molar-refractivity contribution in [2.75, 3.05) is 4.90 Å². The van der Waals surface area contributed by atoms with Gasteiger partial charge in [0.25, 0.3) is 0 Å². The molecule has 1 aliphatic rings. The number of imidazole rings is 1. The lowest BCUT2D eigenvalue weighted by Gasteiger charge is -2.26. The van der Waals surface area contributed by atoms with Crippen molar-refractivity contribution in [2.45, 2.75) is 69.8 Å². The van der Waals surface area contributed by atoms with E-state index in [1.54, 1.807) is 23.6 Å². The second kappa shape index (κ2) is 9.35. The Morgan fingerprint density at radius 2 is 1.90 bits per heavy atom. The number of amides is 1. The molecule has 2 aromatic heterocycles. The summed E-state index contributed by atoms with van der Waals surface area (Å²) in [7, 11) is 0. The fourth-order valence-corrected chi connectivity index (χ4v) is 6.12. The molecule has 1 amide bonds. The summed E-state index contributed by atoms with van der Waals surface area (Å²) in [6.45, 7) is 5.87. The molecule has 0 unspecified atom stereocenters. The zero-order valence-electron chi connectivity index (χ0n) is 17.8. The van der Waals surface area contributed by atoms with E-state index in [2.05, 4.69) is 23.8 Å². The van der Waals surface area contributed by atoms with Crippen LogP contribution in [0.5, 0.6) is 0 Å². The maximum absolute atomic E-state index is 12.3. The molecule has 0 bridgehead atoms. The minimum atomic E-state index is -0.0335. The predicted octanol–water partition coefficient (Wildman–Crippen LogP) is 6.44. The number of benzene rings is 1. The molecule has 3 aromatic rings. The van der Waals surface area contributed by atoms with E-state index >= 15 is 0 Å². The van der Waals surface area contributed by atoms with E-state index in [4.69, 9.17) is 9.97 Å². The molecule has 0 spiro atoms. The highest BCUT2D eigenvalue weighted by molar-refractivity contribution is 7.98. The Morgan fingerprint density at radius 1 is 1.17 bits per heavy atom.